The van der Waals surface area contributed by atoms with E-state index in [1.165, 1.54) is 12.1 Å². The van der Waals surface area contributed by atoms with Crippen LogP contribution in [-0.4, -0.2) is 71.1 Å². The minimum absolute atomic E-state index is 0.0590. The van der Waals surface area contributed by atoms with Crippen molar-refractivity contribution in [3.8, 4) is 0 Å². The number of benzene rings is 1. The molecule has 0 aliphatic carbocycles. The first-order valence-corrected chi connectivity index (χ1v) is 12.1. The molecule has 25 heavy (non-hydrogen) atoms. The van der Waals surface area contributed by atoms with E-state index in [-0.39, 0.29) is 28.6 Å². The Morgan fingerprint density at radius 3 is 2.16 bits per heavy atom. The van der Waals surface area contributed by atoms with E-state index in [1.807, 2.05) is 0 Å². The Hall–Kier alpha value is -1.41. The Morgan fingerprint density at radius 1 is 0.960 bits per heavy atom. The molecule has 144 valence electrons. The minimum atomic E-state index is -4.46. The highest BCUT2D eigenvalue weighted by molar-refractivity contribution is 7.93. The van der Waals surface area contributed by atoms with Crippen LogP contribution in [0.5, 0.6) is 0 Å². The van der Waals surface area contributed by atoms with Crippen LogP contribution in [0.2, 0.25) is 0 Å². The number of aliphatic hydroxyl groups is 1. The number of anilines is 2. The van der Waals surface area contributed by atoms with Gasteiger partial charge in [-0.05, 0) is 18.2 Å². The fourth-order valence-electron chi connectivity index (χ4n) is 1.85. The van der Waals surface area contributed by atoms with Crippen molar-refractivity contribution in [2.75, 3.05) is 47.2 Å². The molecule has 0 fully saturated rings. The second kappa shape index (κ2) is 8.31. The third-order valence-electron chi connectivity index (χ3n) is 3.08. The summed E-state index contributed by atoms with van der Waals surface area (Å²) in [6.45, 7) is -0.632. The van der Waals surface area contributed by atoms with Crippen LogP contribution < -0.4 is 11.1 Å². The molecule has 0 heterocycles. The maximum Gasteiger partial charge on any atom is 0.265 e. The van der Waals surface area contributed by atoms with E-state index in [2.05, 4.69) is 5.32 Å². The van der Waals surface area contributed by atoms with Crippen LogP contribution in [0.3, 0.4) is 0 Å². The van der Waals surface area contributed by atoms with Gasteiger partial charge in [0.15, 0.2) is 19.7 Å². The Balaban J connectivity index is 2.99. The first-order valence-electron chi connectivity index (χ1n) is 6.99. The van der Waals surface area contributed by atoms with Crippen molar-refractivity contribution >= 4 is 41.2 Å². The fourth-order valence-corrected chi connectivity index (χ4v) is 5.48. The van der Waals surface area contributed by atoms with Crippen LogP contribution in [0.25, 0.3) is 0 Å². The van der Waals surface area contributed by atoms with Gasteiger partial charge >= 0.3 is 0 Å². The number of nitrogens with one attached hydrogen (secondary N) is 1. The van der Waals surface area contributed by atoms with Crippen LogP contribution >= 0.6 is 0 Å². The summed E-state index contributed by atoms with van der Waals surface area (Å²) in [5.41, 5.74) is 5.73. The molecule has 10 nitrogen and oxygen atoms in total. The van der Waals surface area contributed by atoms with Gasteiger partial charge in [-0.3, -0.25) is 4.55 Å². The first kappa shape index (κ1) is 21.6. The number of nitrogens with two attached hydrogens (primary N) is 1. The summed E-state index contributed by atoms with van der Waals surface area (Å²) in [4.78, 5) is -0.296. The summed E-state index contributed by atoms with van der Waals surface area (Å²) in [5, 5.41) is 11.3. The van der Waals surface area contributed by atoms with Crippen LogP contribution in [0.15, 0.2) is 23.1 Å². The van der Waals surface area contributed by atoms with Gasteiger partial charge < -0.3 is 16.2 Å². The van der Waals surface area contributed by atoms with Crippen LogP contribution in [0.4, 0.5) is 11.4 Å². The number of sulfone groups is 2. The van der Waals surface area contributed by atoms with Crippen molar-refractivity contribution < 1.29 is 34.9 Å². The molecular formula is C12H20N2O8S3. The standard InChI is InChI=1S/C12H20N2O8S3/c13-10-1-2-11(14-3-5-23(16,17)6-4-15)12(9-10)24(18,19)7-8-25(20,21)22/h1-2,9,14-15H,3-8,13H2,(H,20,21,22). The number of hydrogen-bond donors (Lipinski definition) is 4. The van der Waals surface area contributed by atoms with Gasteiger partial charge in [0.05, 0.1) is 40.2 Å². The fraction of sp³-hybridized carbons (Fsp3) is 0.500. The second-order valence-electron chi connectivity index (χ2n) is 5.16. The Labute approximate surface area is 146 Å². The maximum absolute atomic E-state index is 12.3. The van der Waals surface area contributed by atoms with Crippen LogP contribution in [0, 0.1) is 0 Å². The van der Waals surface area contributed by atoms with Crippen LogP contribution in [0.1, 0.15) is 0 Å². The summed E-state index contributed by atoms with van der Waals surface area (Å²) < 4.78 is 77.9. The van der Waals surface area contributed by atoms with Gasteiger partial charge in [-0.25, -0.2) is 16.8 Å². The lowest BCUT2D eigenvalue weighted by Gasteiger charge is -2.13. The predicted octanol–water partition coefficient (Wildman–Crippen LogP) is -1.25. The normalized spacial score (nSPS) is 12.9. The minimum Gasteiger partial charge on any atom is -0.399 e. The van der Waals surface area contributed by atoms with Crippen molar-refractivity contribution in [2.45, 2.75) is 4.90 Å². The molecule has 0 unspecified atom stereocenters. The van der Waals surface area contributed by atoms with Crippen molar-refractivity contribution in [1.29, 1.82) is 0 Å². The molecular weight excluding hydrogens is 396 g/mol. The van der Waals surface area contributed by atoms with E-state index in [1.54, 1.807) is 0 Å². The lowest BCUT2D eigenvalue weighted by molar-refractivity contribution is 0.319. The van der Waals surface area contributed by atoms with Crippen molar-refractivity contribution in [2.24, 2.45) is 0 Å². The van der Waals surface area contributed by atoms with E-state index in [0.29, 0.717) is 0 Å². The summed E-state index contributed by atoms with van der Waals surface area (Å²) in [7, 11) is -12.0. The summed E-state index contributed by atoms with van der Waals surface area (Å²) in [6, 6.07) is 3.84. The molecule has 0 aliphatic heterocycles. The van der Waals surface area contributed by atoms with Crippen molar-refractivity contribution in [3.05, 3.63) is 18.2 Å². The third kappa shape index (κ3) is 7.56. The molecule has 1 aromatic carbocycles. The van der Waals surface area contributed by atoms with Gasteiger partial charge in [0.1, 0.15) is 0 Å². The highest BCUT2D eigenvalue weighted by Crippen LogP contribution is 2.25. The average molecular weight is 416 g/mol. The van der Waals surface area contributed by atoms with Crippen LogP contribution in [-0.2, 0) is 29.8 Å². The molecule has 0 amide bonds. The van der Waals surface area contributed by atoms with Gasteiger partial charge in [-0.2, -0.15) is 8.42 Å². The molecule has 0 saturated carbocycles. The molecule has 0 radical (unpaired) electrons. The van der Waals surface area contributed by atoms with Crippen molar-refractivity contribution in [3.63, 3.8) is 0 Å². The number of rotatable bonds is 10. The molecule has 0 spiro atoms. The topological polar surface area (TPSA) is 181 Å². The zero-order chi connectivity index (χ0) is 19.3. The zero-order valence-corrected chi connectivity index (χ0v) is 15.6. The SMILES string of the molecule is Nc1ccc(NCCS(=O)(=O)CCO)c(S(=O)(=O)CCS(=O)(=O)O)c1. The van der Waals surface area contributed by atoms with Gasteiger partial charge in [0.2, 0.25) is 0 Å². The van der Waals surface area contributed by atoms with Gasteiger partial charge in [-0.15, -0.1) is 0 Å². The molecule has 1 rings (SSSR count). The summed E-state index contributed by atoms with van der Waals surface area (Å²) in [5.74, 6) is -2.57. The second-order valence-corrected chi connectivity index (χ2v) is 11.1. The average Bonchev–Trinajstić information content (AvgIpc) is 2.46. The Kier molecular flexibility index (Phi) is 7.19. The monoisotopic (exact) mass is 416 g/mol. The molecule has 0 saturated heterocycles. The van der Waals surface area contributed by atoms with Crippen molar-refractivity contribution in [1.82, 2.24) is 0 Å². The smallest absolute Gasteiger partial charge is 0.265 e. The molecule has 0 atom stereocenters. The molecule has 1 aromatic rings. The quantitative estimate of drug-likeness (QED) is 0.266. The largest absolute Gasteiger partial charge is 0.399 e. The van der Waals surface area contributed by atoms with E-state index in [0.717, 1.165) is 6.07 Å². The van der Waals surface area contributed by atoms with Gasteiger partial charge in [-0.1, -0.05) is 0 Å². The summed E-state index contributed by atoms with van der Waals surface area (Å²) >= 11 is 0. The summed E-state index contributed by atoms with van der Waals surface area (Å²) in [6.07, 6.45) is 0. The molecule has 0 aliphatic rings. The van der Waals surface area contributed by atoms with E-state index in [4.69, 9.17) is 15.4 Å². The van der Waals surface area contributed by atoms with E-state index >= 15 is 0 Å². The highest BCUT2D eigenvalue weighted by atomic mass is 32.2. The van der Waals surface area contributed by atoms with Gasteiger partial charge in [0, 0.05) is 12.2 Å². The molecule has 0 bridgehead atoms. The Morgan fingerprint density at radius 2 is 1.60 bits per heavy atom. The third-order valence-corrected chi connectivity index (χ3v) is 7.44. The molecule has 13 heteroatoms. The lowest BCUT2D eigenvalue weighted by Crippen LogP contribution is -2.22. The molecule has 0 aromatic heterocycles. The lowest BCUT2D eigenvalue weighted by atomic mass is 10.3. The maximum atomic E-state index is 12.3. The Bertz CT molecular complexity index is 908. The predicted molar refractivity (Wildman–Crippen MR) is 93.6 cm³/mol. The molecule has 5 N–H and O–H groups in total. The zero-order valence-electron chi connectivity index (χ0n) is 13.1. The number of aliphatic hydroxyl groups excluding tert-OH is 1. The number of nitrogen functional groups attached to an aromatic ring is 1. The highest BCUT2D eigenvalue weighted by Gasteiger charge is 2.22. The van der Waals surface area contributed by atoms with Gasteiger partial charge in [0.25, 0.3) is 10.1 Å². The number of hydrogen-bond acceptors (Lipinski definition) is 9. The van der Waals surface area contributed by atoms with E-state index < -0.39 is 53.7 Å². The van der Waals surface area contributed by atoms with E-state index in [9.17, 15) is 25.3 Å². The first-order chi connectivity index (χ1) is 11.4.